The molecule has 0 spiro atoms. The summed E-state index contributed by atoms with van der Waals surface area (Å²) in [5.74, 6) is 1.33. The Morgan fingerprint density at radius 1 is 0.971 bits per heavy atom. The number of piperazine rings is 1. The highest BCUT2D eigenvalue weighted by Gasteiger charge is 2.18. The van der Waals surface area contributed by atoms with E-state index in [-0.39, 0.29) is 12.5 Å². The van der Waals surface area contributed by atoms with Crippen molar-refractivity contribution < 1.29 is 9.21 Å². The summed E-state index contributed by atoms with van der Waals surface area (Å²) in [7, 11) is 0. The minimum Gasteiger partial charge on any atom is -0.459 e. The predicted octanol–water partition coefficient (Wildman–Crippen LogP) is 3.94. The van der Waals surface area contributed by atoms with Crippen LogP contribution in [0.3, 0.4) is 0 Å². The standard InChI is InChI=1S/C26H27BrN6O2/c27-21-8-6-20(7-9-21)25-11-10-24(35-25)16-28-26(34)19-33-18-22(29-30-33)17-31-12-14-32(15-13-31)23-4-2-1-3-5-23/h1-11,18H,12-17,19H2,(H,28,34). The summed E-state index contributed by atoms with van der Waals surface area (Å²) in [4.78, 5) is 17.2. The maximum Gasteiger partial charge on any atom is 0.242 e. The predicted molar refractivity (Wildman–Crippen MR) is 138 cm³/mol. The van der Waals surface area contributed by atoms with E-state index in [0.29, 0.717) is 12.3 Å². The molecule has 180 valence electrons. The summed E-state index contributed by atoms with van der Waals surface area (Å²) in [5.41, 5.74) is 3.13. The molecule has 35 heavy (non-hydrogen) atoms. The van der Waals surface area contributed by atoms with Gasteiger partial charge in [-0.2, -0.15) is 0 Å². The molecule has 1 saturated heterocycles. The zero-order valence-electron chi connectivity index (χ0n) is 19.3. The Labute approximate surface area is 212 Å². The minimum absolute atomic E-state index is 0.120. The van der Waals surface area contributed by atoms with Crippen LogP contribution in [0, 0.1) is 0 Å². The number of halogens is 1. The average molecular weight is 535 g/mol. The average Bonchev–Trinajstić information content (AvgIpc) is 3.54. The third kappa shape index (κ3) is 6.17. The lowest BCUT2D eigenvalue weighted by molar-refractivity contribution is -0.122. The highest BCUT2D eigenvalue weighted by atomic mass is 79.9. The second-order valence-electron chi connectivity index (χ2n) is 8.56. The Balaban J connectivity index is 1.06. The van der Waals surface area contributed by atoms with E-state index in [1.807, 2.05) is 48.7 Å². The van der Waals surface area contributed by atoms with Gasteiger partial charge >= 0.3 is 0 Å². The van der Waals surface area contributed by atoms with Gasteiger partial charge in [0, 0.05) is 48.4 Å². The van der Waals surface area contributed by atoms with Gasteiger partial charge in [0.05, 0.1) is 18.4 Å². The normalized spacial score (nSPS) is 14.3. The first-order valence-electron chi connectivity index (χ1n) is 11.6. The van der Waals surface area contributed by atoms with Crippen LogP contribution in [0.4, 0.5) is 5.69 Å². The fourth-order valence-corrected chi connectivity index (χ4v) is 4.42. The van der Waals surface area contributed by atoms with Gasteiger partial charge in [-0.1, -0.05) is 51.5 Å². The lowest BCUT2D eigenvalue weighted by Crippen LogP contribution is -2.46. The van der Waals surface area contributed by atoms with Crippen molar-refractivity contribution >= 4 is 27.5 Å². The van der Waals surface area contributed by atoms with Gasteiger partial charge in [0.15, 0.2) is 0 Å². The van der Waals surface area contributed by atoms with Crippen molar-refractivity contribution in [3.8, 4) is 11.3 Å². The monoisotopic (exact) mass is 534 g/mol. The number of hydrogen-bond donors (Lipinski definition) is 1. The third-order valence-corrected chi connectivity index (χ3v) is 6.55. The molecular formula is C26H27BrN6O2. The van der Waals surface area contributed by atoms with E-state index >= 15 is 0 Å². The molecule has 8 nitrogen and oxygen atoms in total. The number of anilines is 1. The number of benzene rings is 2. The van der Waals surface area contributed by atoms with Crippen LogP contribution < -0.4 is 10.2 Å². The molecule has 0 saturated carbocycles. The molecular weight excluding hydrogens is 508 g/mol. The summed E-state index contributed by atoms with van der Waals surface area (Å²) in [6.07, 6.45) is 1.85. The van der Waals surface area contributed by atoms with Gasteiger partial charge in [0.2, 0.25) is 5.91 Å². The molecule has 1 aliphatic rings. The first-order valence-corrected chi connectivity index (χ1v) is 12.4. The van der Waals surface area contributed by atoms with E-state index in [2.05, 4.69) is 65.6 Å². The molecule has 1 aliphatic heterocycles. The van der Waals surface area contributed by atoms with Crippen molar-refractivity contribution in [1.82, 2.24) is 25.2 Å². The van der Waals surface area contributed by atoms with Gasteiger partial charge in [-0.05, 0) is 36.4 Å². The number of carbonyl (C=O) groups is 1. The van der Waals surface area contributed by atoms with Crippen molar-refractivity contribution in [2.24, 2.45) is 0 Å². The Hall–Kier alpha value is -3.43. The molecule has 9 heteroatoms. The molecule has 0 bridgehead atoms. The molecule has 1 N–H and O–H groups in total. The first kappa shape index (κ1) is 23.3. The Morgan fingerprint density at radius 2 is 1.74 bits per heavy atom. The van der Waals surface area contributed by atoms with Gasteiger partial charge in [0.1, 0.15) is 18.1 Å². The summed E-state index contributed by atoms with van der Waals surface area (Å²) >= 11 is 3.43. The fraction of sp³-hybridized carbons (Fsp3) is 0.269. The molecule has 1 amide bonds. The van der Waals surface area contributed by atoms with E-state index in [1.165, 1.54) is 5.69 Å². The topological polar surface area (TPSA) is 79.4 Å². The van der Waals surface area contributed by atoms with E-state index in [4.69, 9.17) is 4.42 Å². The van der Waals surface area contributed by atoms with Crippen LogP contribution in [-0.4, -0.2) is 52.0 Å². The summed E-state index contributed by atoms with van der Waals surface area (Å²) < 4.78 is 8.46. The molecule has 0 unspecified atom stereocenters. The Kier molecular flexibility index (Phi) is 7.25. The van der Waals surface area contributed by atoms with Crippen LogP contribution in [-0.2, 0) is 24.4 Å². The van der Waals surface area contributed by atoms with Crippen LogP contribution in [0.2, 0.25) is 0 Å². The molecule has 0 radical (unpaired) electrons. The molecule has 0 aliphatic carbocycles. The number of para-hydroxylation sites is 1. The van der Waals surface area contributed by atoms with Crippen LogP contribution in [0.5, 0.6) is 0 Å². The maximum absolute atomic E-state index is 12.4. The van der Waals surface area contributed by atoms with E-state index < -0.39 is 0 Å². The highest BCUT2D eigenvalue weighted by molar-refractivity contribution is 9.10. The highest BCUT2D eigenvalue weighted by Crippen LogP contribution is 2.24. The van der Waals surface area contributed by atoms with Gasteiger partial charge in [-0.3, -0.25) is 9.69 Å². The smallest absolute Gasteiger partial charge is 0.242 e. The minimum atomic E-state index is -0.139. The zero-order valence-corrected chi connectivity index (χ0v) is 20.9. The van der Waals surface area contributed by atoms with Gasteiger partial charge in [0.25, 0.3) is 0 Å². The Bertz CT molecular complexity index is 1250. The number of nitrogens with one attached hydrogen (secondary N) is 1. The van der Waals surface area contributed by atoms with Crippen molar-refractivity contribution in [1.29, 1.82) is 0 Å². The molecule has 5 rings (SSSR count). The lowest BCUT2D eigenvalue weighted by atomic mass is 10.2. The summed E-state index contributed by atoms with van der Waals surface area (Å²) in [5, 5.41) is 11.3. The van der Waals surface area contributed by atoms with Crippen molar-refractivity contribution in [2.75, 3.05) is 31.1 Å². The third-order valence-electron chi connectivity index (χ3n) is 6.02. The fourth-order valence-electron chi connectivity index (χ4n) is 4.15. The van der Waals surface area contributed by atoms with Crippen molar-refractivity contribution in [2.45, 2.75) is 19.6 Å². The van der Waals surface area contributed by atoms with Crippen LogP contribution in [0.15, 0.2) is 81.8 Å². The van der Waals surface area contributed by atoms with Gasteiger partial charge in [-0.25, -0.2) is 4.68 Å². The number of carbonyl (C=O) groups excluding carboxylic acids is 1. The SMILES string of the molecule is O=C(Cn1cc(CN2CCN(c3ccccc3)CC2)nn1)NCc1ccc(-c2ccc(Br)cc2)o1. The van der Waals surface area contributed by atoms with Crippen molar-refractivity contribution in [3.63, 3.8) is 0 Å². The number of nitrogens with zero attached hydrogens (tertiary/aromatic N) is 5. The first-order chi connectivity index (χ1) is 17.1. The number of hydrogen-bond acceptors (Lipinski definition) is 6. The summed E-state index contributed by atoms with van der Waals surface area (Å²) in [6, 6.07) is 22.2. The Morgan fingerprint density at radius 3 is 2.51 bits per heavy atom. The van der Waals surface area contributed by atoms with E-state index in [9.17, 15) is 4.79 Å². The lowest BCUT2D eigenvalue weighted by Gasteiger charge is -2.35. The number of rotatable bonds is 8. The molecule has 2 aromatic carbocycles. The number of aromatic nitrogens is 3. The maximum atomic E-state index is 12.4. The van der Waals surface area contributed by atoms with E-state index in [0.717, 1.165) is 54.2 Å². The summed E-state index contributed by atoms with van der Waals surface area (Å²) in [6.45, 7) is 5.07. The zero-order chi connectivity index (χ0) is 24.0. The molecule has 3 heterocycles. The number of amides is 1. The molecule has 1 fully saturated rings. The van der Waals surface area contributed by atoms with Gasteiger partial charge < -0.3 is 14.6 Å². The number of furan rings is 1. The molecule has 2 aromatic heterocycles. The largest absolute Gasteiger partial charge is 0.459 e. The van der Waals surface area contributed by atoms with Crippen LogP contribution in [0.25, 0.3) is 11.3 Å². The van der Waals surface area contributed by atoms with Gasteiger partial charge in [-0.15, -0.1) is 5.10 Å². The van der Waals surface area contributed by atoms with Crippen LogP contribution in [0.1, 0.15) is 11.5 Å². The van der Waals surface area contributed by atoms with Crippen molar-refractivity contribution in [3.05, 3.63) is 88.9 Å². The molecule has 0 atom stereocenters. The second-order valence-corrected chi connectivity index (χ2v) is 9.47. The quantitative estimate of drug-likeness (QED) is 0.368. The molecule has 4 aromatic rings. The van der Waals surface area contributed by atoms with E-state index in [1.54, 1.807) is 4.68 Å². The second kappa shape index (κ2) is 10.9. The van der Waals surface area contributed by atoms with Crippen LogP contribution >= 0.6 is 15.9 Å².